The van der Waals surface area contributed by atoms with E-state index in [-0.39, 0.29) is 23.9 Å². The number of carbonyl (C=O) groups is 3. The molecule has 0 bridgehead atoms. The van der Waals surface area contributed by atoms with E-state index in [1.165, 1.54) is 17.0 Å². The number of fused-ring (bicyclic) bond motifs is 1. The molecule has 2 aromatic carbocycles. The fourth-order valence-corrected chi connectivity index (χ4v) is 4.61. The van der Waals surface area contributed by atoms with Gasteiger partial charge in [-0.3, -0.25) is 14.4 Å². The topological polar surface area (TPSA) is 86.7 Å². The van der Waals surface area contributed by atoms with E-state index in [2.05, 4.69) is 5.32 Å². The highest BCUT2D eigenvalue weighted by Crippen LogP contribution is 2.34. The van der Waals surface area contributed by atoms with E-state index >= 15 is 0 Å². The lowest BCUT2D eigenvalue weighted by atomic mass is 9.85. The second-order valence-corrected chi connectivity index (χ2v) is 8.90. The Morgan fingerprint density at radius 1 is 1.25 bits per heavy atom. The molecule has 0 aromatic heterocycles. The van der Waals surface area contributed by atoms with Crippen molar-refractivity contribution >= 4 is 40.6 Å². The van der Waals surface area contributed by atoms with Crippen molar-refractivity contribution < 1.29 is 23.9 Å². The zero-order valence-corrected chi connectivity index (χ0v) is 18.4. The zero-order chi connectivity index (χ0) is 23.0. The Bertz CT molecular complexity index is 1110. The number of aliphatic hydroxyl groups is 1. The Morgan fingerprint density at radius 3 is 2.78 bits per heavy atom. The van der Waals surface area contributed by atoms with Gasteiger partial charge in [-0.2, -0.15) is 0 Å². The van der Waals surface area contributed by atoms with Crippen LogP contribution in [0.1, 0.15) is 37.3 Å². The van der Waals surface area contributed by atoms with Gasteiger partial charge in [0.1, 0.15) is 5.82 Å². The molecule has 1 saturated heterocycles. The first-order chi connectivity index (χ1) is 15.2. The van der Waals surface area contributed by atoms with Gasteiger partial charge in [-0.1, -0.05) is 24.6 Å². The van der Waals surface area contributed by atoms with Crippen LogP contribution in [0.2, 0.25) is 5.02 Å². The van der Waals surface area contributed by atoms with Crippen LogP contribution in [-0.2, 0) is 27.2 Å². The Balaban J connectivity index is 1.45. The SMILES string of the molecule is CC(CCc1ccc(F)cc1Cl)C(=O)C1(O)CCN(c2ccc3c(c2)CCC(=O)N3)C1=O. The first-order valence-corrected chi connectivity index (χ1v) is 11.0. The molecule has 8 heteroatoms. The molecule has 2 amide bonds. The number of ketones is 1. The van der Waals surface area contributed by atoms with Crippen molar-refractivity contribution in [1.82, 2.24) is 0 Å². The van der Waals surface area contributed by atoms with Crippen LogP contribution in [0.4, 0.5) is 15.8 Å². The van der Waals surface area contributed by atoms with Gasteiger partial charge >= 0.3 is 0 Å². The lowest BCUT2D eigenvalue weighted by molar-refractivity contribution is -0.150. The number of anilines is 2. The minimum Gasteiger partial charge on any atom is -0.373 e. The molecular weight excluding hydrogens is 435 g/mol. The molecule has 2 aromatic rings. The molecule has 6 nitrogen and oxygen atoms in total. The molecule has 0 saturated carbocycles. The van der Waals surface area contributed by atoms with Crippen molar-refractivity contribution in [2.24, 2.45) is 5.92 Å². The Kier molecular flexibility index (Phi) is 6.05. The lowest BCUT2D eigenvalue weighted by Gasteiger charge is -2.25. The van der Waals surface area contributed by atoms with Crippen LogP contribution in [0.15, 0.2) is 36.4 Å². The average Bonchev–Trinajstić information content (AvgIpc) is 3.07. The average molecular weight is 459 g/mol. The third-order valence-corrected chi connectivity index (χ3v) is 6.66. The third kappa shape index (κ3) is 4.14. The van der Waals surface area contributed by atoms with Crippen LogP contribution in [-0.4, -0.2) is 34.8 Å². The van der Waals surface area contributed by atoms with E-state index in [0.717, 1.165) is 11.3 Å². The number of hydrogen-bond donors (Lipinski definition) is 2. The number of halogens is 2. The van der Waals surface area contributed by atoms with E-state index < -0.39 is 29.0 Å². The Hall–Kier alpha value is -2.77. The van der Waals surface area contributed by atoms with Crippen molar-refractivity contribution in [1.29, 1.82) is 0 Å². The zero-order valence-electron chi connectivity index (χ0n) is 17.7. The predicted molar refractivity (Wildman–Crippen MR) is 119 cm³/mol. The summed E-state index contributed by atoms with van der Waals surface area (Å²) >= 11 is 6.06. The van der Waals surface area contributed by atoms with E-state index in [9.17, 15) is 23.9 Å². The smallest absolute Gasteiger partial charge is 0.266 e. The van der Waals surface area contributed by atoms with Gasteiger partial charge in [0, 0.05) is 41.7 Å². The molecule has 2 N–H and O–H groups in total. The van der Waals surface area contributed by atoms with Gasteiger partial charge in [0.2, 0.25) is 11.5 Å². The van der Waals surface area contributed by atoms with Gasteiger partial charge in [-0.15, -0.1) is 0 Å². The molecule has 2 aliphatic rings. The quantitative estimate of drug-likeness (QED) is 0.647. The molecule has 0 radical (unpaired) electrons. The number of Topliss-reactive ketones (excluding diaryl/α,β-unsaturated/α-hetero) is 1. The van der Waals surface area contributed by atoms with E-state index in [4.69, 9.17) is 11.6 Å². The maximum atomic E-state index is 13.2. The maximum absolute atomic E-state index is 13.2. The largest absolute Gasteiger partial charge is 0.373 e. The summed E-state index contributed by atoms with van der Waals surface area (Å²) in [5.41, 5.74) is 0.868. The highest BCUT2D eigenvalue weighted by atomic mass is 35.5. The molecular formula is C24H24ClFN2O4. The fraction of sp³-hybridized carbons (Fsp3) is 0.375. The summed E-state index contributed by atoms with van der Waals surface area (Å²) in [6, 6.07) is 9.37. The van der Waals surface area contributed by atoms with Crippen LogP contribution < -0.4 is 10.2 Å². The highest BCUT2D eigenvalue weighted by Gasteiger charge is 2.52. The normalized spacial score (nSPS) is 21.3. The van der Waals surface area contributed by atoms with Gasteiger partial charge in [-0.25, -0.2) is 4.39 Å². The summed E-state index contributed by atoms with van der Waals surface area (Å²) in [4.78, 5) is 39.1. The van der Waals surface area contributed by atoms with Crippen LogP contribution >= 0.6 is 11.6 Å². The van der Waals surface area contributed by atoms with Crippen molar-refractivity contribution in [3.8, 4) is 0 Å². The molecule has 2 heterocycles. The number of amides is 2. The van der Waals surface area contributed by atoms with Gasteiger partial charge in [0.15, 0.2) is 5.78 Å². The van der Waals surface area contributed by atoms with Crippen LogP contribution in [0.5, 0.6) is 0 Å². The van der Waals surface area contributed by atoms with Crippen molar-refractivity contribution in [2.75, 3.05) is 16.8 Å². The Morgan fingerprint density at radius 2 is 2.03 bits per heavy atom. The van der Waals surface area contributed by atoms with Crippen molar-refractivity contribution in [2.45, 2.75) is 44.6 Å². The highest BCUT2D eigenvalue weighted by molar-refractivity contribution is 6.31. The summed E-state index contributed by atoms with van der Waals surface area (Å²) in [6.45, 7) is 1.90. The molecule has 2 unspecified atom stereocenters. The summed E-state index contributed by atoms with van der Waals surface area (Å²) in [6.07, 6.45) is 1.76. The summed E-state index contributed by atoms with van der Waals surface area (Å²) < 4.78 is 13.2. The number of nitrogens with one attached hydrogen (secondary N) is 1. The standard InChI is InChI=1S/C24H24ClFN2O4/c1-14(2-3-15-4-6-17(26)13-19(15)25)22(30)24(32)10-11-28(23(24)31)18-7-8-20-16(12-18)5-9-21(29)27-20/h4,6-8,12-14,32H,2-3,5,9-11H2,1H3,(H,27,29). The second kappa shape index (κ2) is 8.64. The summed E-state index contributed by atoms with van der Waals surface area (Å²) in [5, 5.41) is 14.1. The monoisotopic (exact) mass is 458 g/mol. The minimum absolute atomic E-state index is 0.0140. The third-order valence-electron chi connectivity index (χ3n) is 6.31. The van der Waals surface area contributed by atoms with Crippen LogP contribution in [0.3, 0.4) is 0 Å². The molecule has 1 fully saturated rings. The number of nitrogens with zero attached hydrogens (tertiary/aromatic N) is 1. The molecule has 2 atom stereocenters. The number of carbonyl (C=O) groups excluding carboxylic acids is 3. The van der Waals surface area contributed by atoms with Crippen molar-refractivity contribution in [3.05, 3.63) is 58.4 Å². The van der Waals surface area contributed by atoms with Crippen LogP contribution in [0, 0.1) is 11.7 Å². The molecule has 32 heavy (non-hydrogen) atoms. The van der Waals surface area contributed by atoms with E-state index in [1.807, 2.05) is 6.07 Å². The number of rotatable bonds is 6. The predicted octanol–water partition coefficient (Wildman–Crippen LogP) is 3.67. The molecule has 0 spiro atoms. The Labute approximate surface area is 190 Å². The van der Waals surface area contributed by atoms with Crippen molar-refractivity contribution in [3.63, 3.8) is 0 Å². The van der Waals surface area contributed by atoms with Gasteiger partial charge in [0.05, 0.1) is 0 Å². The summed E-state index contributed by atoms with van der Waals surface area (Å²) in [5.74, 6) is -2.21. The molecule has 0 aliphatic carbocycles. The van der Waals surface area contributed by atoms with Gasteiger partial charge < -0.3 is 15.3 Å². The van der Waals surface area contributed by atoms with Crippen LogP contribution in [0.25, 0.3) is 0 Å². The molecule has 4 rings (SSSR count). The number of benzene rings is 2. The van der Waals surface area contributed by atoms with E-state index in [0.29, 0.717) is 36.9 Å². The van der Waals surface area contributed by atoms with Gasteiger partial charge in [0.25, 0.3) is 5.91 Å². The van der Waals surface area contributed by atoms with E-state index in [1.54, 1.807) is 25.1 Å². The second-order valence-electron chi connectivity index (χ2n) is 8.50. The fourth-order valence-electron chi connectivity index (χ4n) is 4.35. The first kappa shape index (κ1) is 22.4. The maximum Gasteiger partial charge on any atom is 0.266 e. The van der Waals surface area contributed by atoms with Gasteiger partial charge in [-0.05, 0) is 60.7 Å². The minimum atomic E-state index is -2.07. The molecule has 168 valence electrons. The number of hydrogen-bond acceptors (Lipinski definition) is 4. The number of aryl methyl sites for hydroxylation is 2. The first-order valence-electron chi connectivity index (χ1n) is 10.6. The summed E-state index contributed by atoms with van der Waals surface area (Å²) in [7, 11) is 0. The lowest BCUT2D eigenvalue weighted by Crippen LogP contribution is -2.49. The molecule has 2 aliphatic heterocycles.